The molecule has 2 aromatic heterocycles. The Bertz CT molecular complexity index is 472. The van der Waals surface area contributed by atoms with Crippen LogP contribution in [-0.2, 0) is 11.2 Å². The number of carbonyl (C=O) groups is 1. The highest BCUT2D eigenvalue weighted by Gasteiger charge is 2.07. The number of ketones is 1. The van der Waals surface area contributed by atoms with Gasteiger partial charge < -0.3 is 5.32 Å². The number of hydrogen-bond acceptors (Lipinski definition) is 4. The summed E-state index contributed by atoms with van der Waals surface area (Å²) in [6, 6.07) is 0. The number of carbonyl (C=O) groups excluding carboxylic acids is 1. The molecule has 0 aliphatic carbocycles. The average molecular weight is 235 g/mol. The first-order valence-electron chi connectivity index (χ1n) is 5.04. The van der Waals surface area contributed by atoms with Crippen LogP contribution >= 0.6 is 11.3 Å². The van der Waals surface area contributed by atoms with Crippen molar-refractivity contribution in [3.8, 4) is 0 Å². The average Bonchev–Trinajstić information content (AvgIpc) is 2.78. The fourth-order valence-electron chi connectivity index (χ4n) is 1.44. The van der Waals surface area contributed by atoms with E-state index in [9.17, 15) is 4.79 Å². The number of hydrogen-bond donors (Lipinski definition) is 1. The number of imidazole rings is 1. The first kappa shape index (κ1) is 11.0. The maximum absolute atomic E-state index is 11.5. The van der Waals surface area contributed by atoms with Crippen molar-refractivity contribution in [1.82, 2.24) is 14.7 Å². The summed E-state index contributed by atoms with van der Waals surface area (Å²) in [5.41, 5.74) is 0.831. The first-order chi connectivity index (χ1) is 7.79. The fourth-order valence-corrected chi connectivity index (χ4v) is 2.16. The van der Waals surface area contributed by atoms with Crippen molar-refractivity contribution < 1.29 is 4.79 Å². The van der Waals surface area contributed by atoms with E-state index in [1.807, 2.05) is 22.2 Å². The molecular formula is C11H13N3OS. The zero-order chi connectivity index (χ0) is 11.4. The molecule has 0 aliphatic rings. The molecule has 0 fully saturated rings. The Kier molecular flexibility index (Phi) is 3.48. The Morgan fingerprint density at radius 3 is 3.31 bits per heavy atom. The number of aromatic nitrogens is 2. The minimum Gasteiger partial charge on any atom is -0.307 e. The standard InChI is InChI=1S/C11H13N3OS/c1-2-3-12-7-10(15)6-9-8-14-4-5-16-11(14)13-9/h2,4-5,8,12H,1,3,6-7H2. The second kappa shape index (κ2) is 5.05. The van der Waals surface area contributed by atoms with Gasteiger partial charge in [0.15, 0.2) is 10.7 Å². The second-order valence-electron chi connectivity index (χ2n) is 3.46. The molecule has 16 heavy (non-hydrogen) atoms. The Balaban J connectivity index is 1.91. The van der Waals surface area contributed by atoms with Gasteiger partial charge in [0.25, 0.3) is 0 Å². The molecule has 0 saturated heterocycles. The van der Waals surface area contributed by atoms with E-state index in [1.54, 1.807) is 17.4 Å². The maximum Gasteiger partial charge on any atom is 0.193 e. The molecule has 84 valence electrons. The lowest BCUT2D eigenvalue weighted by Crippen LogP contribution is -2.24. The Morgan fingerprint density at radius 2 is 2.56 bits per heavy atom. The number of Topliss-reactive ketones (excluding diaryl/α,β-unsaturated/α-hetero) is 1. The van der Waals surface area contributed by atoms with E-state index >= 15 is 0 Å². The van der Waals surface area contributed by atoms with Crippen LogP contribution < -0.4 is 5.32 Å². The number of fused-ring (bicyclic) bond motifs is 1. The van der Waals surface area contributed by atoms with E-state index < -0.39 is 0 Å². The van der Waals surface area contributed by atoms with E-state index in [4.69, 9.17) is 0 Å². The molecule has 5 heteroatoms. The van der Waals surface area contributed by atoms with Gasteiger partial charge >= 0.3 is 0 Å². The van der Waals surface area contributed by atoms with E-state index in [0.717, 1.165) is 10.7 Å². The Morgan fingerprint density at radius 1 is 1.69 bits per heavy atom. The van der Waals surface area contributed by atoms with Crippen molar-refractivity contribution in [3.63, 3.8) is 0 Å². The normalized spacial score (nSPS) is 10.8. The third kappa shape index (κ3) is 2.56. The molecule has 2 heterocycles. The van der Waals surface area contributed by atoms with Gasteiger partial charge in [0.05, 0.1) is 18.7 Å². The van der Waals surface area contributed by atoms with Crippen LogP contribution in [0.3, 0.4) is 0 Å². The second-order valence-corrected chi connectivity index (χ2v) is 4.33. The highest BCUT2D eigenvalue weighted by atomic mass is 32.1. The molecule has 2 aromatic rings. The molecule has 0 radical (unpaired) electrons. The maximum atomic E-state index is 11.5. The van der Waals surface area contributed by atoms with E-state index in [2.05, 4.69) is 16.9 Å². The Labute approximate surface area is 97.6 Å². The number of nitrogens with one attached hydrogen (secondary N) is 1. The quantitative estimate of drug-likeness (QED) is 0.606. The van der Waals surface area contributed by atoms with Crippen LogP contribution in [0.4, 0.5) is 0 Å². The molecule has 1 N–H and O–H groups in total. The monoisotopic (exact) mass is 235 g/mol. The third-order valence-electron chi connectivity index (χ3n) is 2.13. The van der Waals surface area contributed by atoms with Crippen LogP contribution in [0, 0.1) is 0 Å². The van der Waals surface area contributed by atoms with Gasteiger partial charge in [0, 0.05) is 24.3 Å². The predicted octanol–water partition coefficient (Wildman–Crippen LogP) is 1.28. The van der Waals surface area contributed by atoms with Crippen molar-refractivity contribution in [2.24, 2.45) is 0 Å². The summed E-state index contributed by atoms with van der Waals surface area (Å²) in [5, 5.41) is 4.95. The molecule has 0 aliphatic heterocycles. The smallest absolute Gasteiger partial charge is 0.193 e. The van der Waals surface area contributed by atoms with Crippen LogP contribution in [0.25, 0.3) is 4.96 Å². The zero-order valence-electron chi connectivity index (χ0n) is 8.85. The van der Waals surface area contributed by atoms with Crippen LogP contribution in [0.1, 0.15) is 5.69 Å². The van der Waals surface area contributed by atoms with Gasteiger partial charge in [0.2, 0.25) is 0 Å². The van der Waals surface area contributed by atoms with Gasteiger partial charge in [-0.3, -0.25) is 9.20 Å². The third-order valence-corrected chi connectivity index (χ3v) is 2.90. The van der Waals surface area contributed by atoms with Gasteiger partial charge in [-0.05, 0) is 0 Å². The fraction of sp³-hybridized carbons (Fsp3) is 0.273. The van der Waals surface area contributed by atoms with Crippen molar-refractivity contribution in [2.45, 2.75) is 6.42 Å². The van der Waals surface area contributed by atoms with E-state index in [0.29, 0.717) is 19.5 Å². The SMILES string of the molecule is C=CCNCC(=O)Cc1cn2ccsc2n1. The molecule has 0 spiro atoms. The summed E-state index contributed by atoms with van der Waals surface area (Å²) in [4.78, 5) is 16.8. The largest absolute Gasteiger partial charge is 0.307 e. The van der Waals surface area contributed by atoms with Gasteiger partial charge in [0.1, 0.15) is 0 Å². The summed E-state index contributed by atoms with van der Waals surface area (Å²) in [5.74, 6) is 0.146. The lowest BCUT2D eigenvalue weighted by Gasteiger charge is -1.98. The van der Waals surface area contributed by atoms with Crippen molar-refractivity contribution in [2.75, 3.05) is 13.1 Å². The minimum atomic E-state index is 0.146. The van der Waals surface area contributed by atoms with Crippen molar-refractivity contribution >= 4 is 22.1 Å². The molecule has 0 unspecified atom stereocenters. The molecule has 4 nitrogen and oxygen atoms in total. The van der Waals surface area contributed by atoms with Crippen LogP contribution in [0.15, 0.2) is 30.4 Å². The first-order valence-corrected chi connectivity index (χ1v) is 5.92. The minimum absolute atomic E-state index is 0.146. The highest BCUT2D eigenvalue weighted by molar-refractivity contribution is 7.15. The molecule has 0 aromatic carbocycles. The predicted molar refractivity (Wildman–Crippen MR) is 64.8 cm³/mol. The van der Waals surface area contributed by atoms with Crippen molar-refractivity contribution in [1.29, 1.82) is 0 Å². The summed E-state index contributed by atoms with van der Waals surface area (Å²) < 4.78 is 1.93. The zero-order valence-corrected chi connectivity index (χ0v) is 9.67. The van der Waals surface area contributed by atoms with Crippen molar-refractivity contribution in [3.05, 3.63) is 36.1 Å². The van der Waals surface area contributed by atoms with Gasteiger partial charge in [-0.15, -0.1) is 17.9 Å². The van der Waals surface area contributed by atoms with Gasteiger partial charge in [-0.2, -0.15) is 0 Å². The summed E-state index contributed by atoms with van der Waals surface area (Å²) >= 11 is 1.57. The summed E-state index contributed by atoms with van der Waals surface area (Å²) in [6.45, 7) is 4.60. The van der Waals surface area contributed by atoms with Crippen LogP contribution in [0.5, 0.6) is 0 Å². The molecule has 0 amide bonds. The lowest BCUT2D eigenvalue weighted by molar-refractivity contribution is -0.117. The lowest BCUT2D eigenvalue weighted by atomic mass is 10.2. The molecule has 0 saturated carbocycles. The molecule has 0 bridgehead atoms. The van der Waals surface area contributed by atoms with Gasteiger partial charge in [-0.1, -0.05) is 6.08 Å². The topological polar surface area (TPSA) is 46.4 Å². The Hall–Kier alpha value is -1.46. The highest BCUT2D eigenvalue weighted by Crippen LogP contribution is 2.11. The van der Waals surface area contributed by atoms with Crippen LogP contribution in [0.2, 0.25) is 0 Å². The number of thiazole rings is 1. The van der Waals surface area contributed by atoms with Gasteiger partial charge in [-0.25, -0.2) is 4.98 Å². The number of nitrogens with zero attached hydrogens (tertiary/aromatic N) is 2. The summed E-state index contributed by atoms with van der Waals surface area (Å²) in [6.07, 6.45) is 5.96. The van der Waals surface area contributed by atoms with Crippen LogP contribution in [-0.4, -0.2) is 28.3 Å². The molecular weight excluding hydrogens is 222 g/mol. The molecule has 2 rings (SSSR count). The summed E-state index contributed by atoms with van der Waals surface area (Å²) in [7, 11) is 0. The van der Waals surface area contributed by atoms with E-state index in [1.165, 1.54) is 0 Å². The number of rotatable bonds is 6. The molecule has 0 atom stereocenters. The van der Waals surface area contributed by atoms with E-state index in [-0.39, 0.29) is 5.78 Å².